The zero-order chi connectivity index (χ0) is 15.3. The molecule has 1 atom stereocenters. The second-order valence-corrected chi connectivity index (χ2v) is 7.17. The molecule has 1 aromatic rings. The van der Waals surface area contributed by atoms with Gasteiger partial charge < -0.3 is 10.2 Å². The Bertz CT molecular complexity index is 576. The number of benzene rings is 1. The Labute approximate surface area is 125 Å². The number of amides is 2. The van der Waals surface area contributed by atoms with Crippen LogP contribution in [0.2, 0.25) is 0 Å². The molecule has 1 aromatic carbocycles. The summed E-state index contributed by atoms with van der Waals surface area (Å²) in [5.74, 6) is -0.0841. The largest absolute Gasteiger partial charge is 0.340 e. The highest BCUT2D eigenvalue weighted by atomic mass is 16.2. The number of carbonyl (C=O) groups excluding carboxylic acids is 2. The molecule has 1 saturated carbocycles. The predicted octanol–water partition coefficient (Wildman–Crippen LogP) is 2.26. The first-order chi connectivity index (χ1) is 9.82. The Morgan fingerprint density at radius 3 is 2.33 bits per heavy atom. The van der Waals surface area contributed by atoms with E-state index in [9.17, 15) is 9.59 Å². The Hall–Kier alpha value is -1.84. The molecule has 21 heavy (non-hydrogen) atoms. The summed E-state index contributed by atoms with van der Waals surface area (Å²) in [5, 5.41) is 2.86. The van der Waals surface area contributed by atoms with Crippen LogP contribution in [0.25, 0.3) is 0 Å². The minimum absolute atomic E-state index is 0.00378. The molecule has 4 nitrogen and oxygen atoms in total. The minimum Gasteiger partial charge on any atom is -0.340 e. The lowest BCUT2D eigenvalue weighted by Gasteiger charge is -2.44. The van der Waals surface area contributed by atoms with E-state index in [1.807, 2.05) is 30.3 Å². The number of carbonyl (C=O) groups is 2. The maximum absolute atomic E-state index is 12.8. The van der Waals surface area contributed by atoms with Crippen molar-refractivity contribution in [2.24, 2.45) is 5.41 Å². The molecule has 3 rings (SSSR count). The molecular formula is C17H22N2O2. The monoisotopic (exact) mass is 286 g/mol. The molecule has 1 unspecified atom stereocenters. The number of hydrogen-bond acceptors (Lipinski definition) is 2. The zero-order valence-corrected chi connectivity index (χ0v) is 12.8. The van der Waals surface area contributed by atoms with Crippen molar-refractivity contribution in [2.75, 3.05) is 6.54 Å². The van der Waals surface area contributed by atoms with Crippen LogP contribution in [-0.4, -0.2) is 28.8 Å². The molecule has 0 aromatic heterocycles. The quantitative estimate of drug-likeness (QED) is 0.926. The maximum atomic E-state index is 12.8. The van der Waals surface area contributed by atoms with Crippen LogP contribution in [0.3, 0.4) is 0 Å². The first kappa shape index (κ1) is 14.1. The molecule has 112 valence electrons. The van der Waals surface area contributed by atoms with Crippen molar-refractivity contribution in [3.05, 3.63) is 35.9 Å². The Morgan fingerprint density at radius 2 is 1.76 bits per heavy atom. The fourth-order valence-electron chi connectivity index (χ4n) is 2.96. The van der Waals surface area contributed by atoms with Gasteiger partial charge in [0, 0.05) is 6.54 Å². The van der Waals surface area contributed by atoms with Gasteiger partial charge in [0.1, 0.15) is 11.6 Å². The second-order valence-electron chi connectivity index (χ2n) is 7.17. The molecule has 1 N–H and O–H groups in total. The van der Waals surface area contributed by atoms with Gasteiger partial charge in [0.2, 0.25) is 11.8 Å². The standard InChI is InChI=1S/C17H22N2O2/c1-16(2)15(21)19(11-17(3)9-10-17)13(14(20)18-16)12-7-5-4-6-8-12/h4-8,13H,9-11H2,1-3H3,(H,18,20). The van der Waals surface area contributed by atoms with E-state index in [1.165, 1.54) is 0 Å². The highest BCUT2D eigenvalue weighted by molar-refractivity contribution is 5.99. The first-order valence-electron chi connectivity index (χ1n) is 7.50. The summed E-state index contributed by atoms with van der Waals surface area (Å²) < 4.78 is 0. The molecule has 2 fully saturated rings. The van der Waals surface area contributed by atoms with Gasteiger partial charge >= 0.3 is 0 Å². The van der Waals surface area contributed by atoms with Gasteiger partial charge in [-0.2, -0.15) is 0 Å². The van der Waals surface area contributed by atoms with Gasteiger partial charge in [0.05, 0.1) is 0 Å². The summed E-state index contributed by atoms with van der Waals surface area (Å²) in [5.41, 5.74) is 0.229. The van der Waals surface area contributed by atoms with Crippen LogP contribution in [-0.2, 0) is 9.59 Å². The van der Waals surface area contributed by atoms with E-state index in [-0.39, 0.29) is 17.2 Å². The van der Waals surface area contributed by atoms with Crippen molar-refractivity contribution in [1.29, 1.82) is 0 Å². The van der Waals surface area contributed by atoms with Crippen LogP contribution < -0.4 is 5.32 Å². The maximum Gasteiger partial charge on any atom is 0.248 e. The Balaban J connectivity index is 1.98. The van der Waals surface area contributed by atoms with E-state index in [2.05, 4.69) is 12.2 Å². The lowest BCUT2D eigenvalue weighted by molar-refractivity contribution is -0.154. The molecule has 1 aliphatic heterocycles. The van der Waals surface area contributed by atoms with Crippen LogP contribution in [0.4, 0.5) is 0 Å². The molecule has 2 amide bonds. The molecule has 0 spiro atoms. The first-order valence-corrected chi connectivity index (χ1v) is 7.50. The fourth-order valence-corrected chi connectivity index (χ4v) is 2.96. The van der Waals surface area contributed by atoms with Crippen LogP contribution in [0, 0.1) is 5.41 Å². The van der Waals surface area contributed by atoms with Crippen LogP contribution in [0.1, 0.15) is 45.2 Å². The average molecular weight is 286 g/mol. The van der Waals surface area contributed by atoms with Gasteiger partial charge in [-0.25, -0.2) is 0 Å². The third kappa shape index (κ3) is 2.55. The number of nitrogens with zero attached hydrogens (tertiary/aromatic N) is 1. The summed E-state index contributed by atoms with van der Waals surface area (Å²) >= 11 is 0. The van der Waals surface area contributed by atoms with E-state index in [1.54, 1.807) is 18.7 Å². The average Bonchev–Trinajstić information content (AvgIpc) is 3.14. The normalized spacial score (nSPS) is 26.4. The Morgan fingerprint density at radius 1 is 1.14 bits per heavy atom. The van der Waals surface area contributed by atoms with Crippen molar-refractivity contribution >= 4 is 11.8 Å². The van der Waals surface area contributed by atoms with Gasteiger partial charge in [-0.05, 0) is 37.7 Å². The Kier molecular flexibility index (Phi) is 3.08. The van der Waals surface area contributed by atoms with Gasteiger partial charge in [0.25, 0.3) is 0 Å². The van der Waals surface area contributed by atoms with Crippen LogP contribution in [0.5, 0.6) is 0 Å². The lowest BCUT2D eigenvalue weighted by atomic mass is 9.92. The van der Waals surface area contributed by atoms with Crippen LogP contribution in [0.15, 0.2) is 30.3 Å². The van der Waals surface area contributed by atoms with Gasteiger partial charge in [-0.3, -0.25) is 9.59 Å². The van der Waals surface area contributed by atoms with E-state index in [0.717, 1.165) is 18.4 Å². The number of hydrogen-bond donors (Lipinski definition) is 1. The summed E-state index contributed by atoms with van der Waals surface area (Å²) in [6, 6.07) is 9.05. The highest BCUT2D eigenvalue weighted by Crippen LogP contribution is 2.47. The topological polar surface area (TPSA) is 49.4 Å². The molecule has 1 heterocycles. The summed E-state index contributed by atoms with van der Waals surface area (Å²) in [4.78, 5) is 27.1. The molecule has 0 bridgehead atoms. The molecular weight excluding hydrogens is 264 g/mol. The lowest BCUT2D eigenvalue weighted by Crippen LogP contribution is -2.65. The molecule has 1 aliphatic carbocycles. The minimum atomic E-state index is -0.826. The fraction of sp³-hybridized carbons (Fsp3) is 0.529. The third-order valence-corrected chi connectivity index (χ3v) is 4.56. The van der Waals surface area contributed by atoms with E-state index < -0.39 is 11.6 Å². The van der Waals surface area contributed by atoms with Crippen molar-refractivity contribution in [2.45, 2.75) is 45.2 Å². The predicted molar refractivity (Wildman–Crippen MR) is 80.5 cm³/mol. The number of piperazine rings is 1. The second kappa shape index (κ2) is 4.58. The number of rotatable bonds is 3. The summed E-state index contributed by atoms with van der Waals surface area (Å²) in [6.45, 7) is 6.39. The van der Waals surface area contributed by atoms with Gasteiger partial charge in [-0.1, -0.05) is 37.3 Å². The van der Waals surface area contributed by atoms with E-state index in [0.29, 0.717) is 6.54 Å². The van der Waals surface area contributed by atoms with Gasteiger partial charge in [-0.15, -0.1) is 0 Å². The SMILES string of the molecule is CC1(CN2C(=O)C(C)(C)NC(=O)C2c2ccccc2)CC1. The van der Waals surface area contributed by atoms with Crippen molar-refractivity contribution < 1.29 is 9.59 Å². The third-order valence-electron chi connectivity index (χ3n) is 4.56. The number of nitrogens with one attached hydrogen (secondary N) is 1. The highest BCUT2D eigenvalue weighted by Gasteiger charge is 2.50. The van der Waals surface area contributed by atoms with Gasteiger partial charge in [0.15, 0.2) is 0 Å². The molecule has 4 heteroatoms. The smallest absolute Gasteiger partial charge is 0.248 e. The van der Waals surface area contributed by atoms with Crippen molar-refractivity contribution in [3.63, 3.8) is 0 Å². The van der Waals surface area contributed by atoms with Crippen molar-refractivity contribution in [3.8, 4) is 0 Å². The van der Waals surface area contributed by atoms with Crippen LogP contribution >= 0.6 is 0 Å². The summed E-state index contributed by atoms with van der Waals surface area (Å²) in [7, 11) is 0. The zero-order valence-electron chi connectivity index (χ0n) is 12.8. The molecule has 0 radical (unpaired) electrons. The molecule has 1 saturated heterocycles. The van der Waals surface area contributed by atoms with E-state index >= 15 is 0 Å². The van der Waals surface area contributed by atoms with E-state index in [4.69, 9.17) is 0 Å². The molecule has 2 aliphatic rings. The summed E-state index contributed by atoms with van der Waals surface area (Å²) in [6.07, 6.45) is 2.25. The van der Waals surface area contributed by atoms with Crippen molar-refractivity contribution in [1.82, 2.24) is 10.2 Å².